The quantitative estimate of drug-likeness (QED) is 0.766. The Morgan fingerprint density at radius 3 is 2.81 bits per heavy atom. The van der Waals surface area contributed by atoms with Crippen molar-refractivity contribution >= 4 is 23.3 Å². The molecule has 1 aliphatic heterocycles. The maximum atomic E-state index is 12.9. The Labute approximate surface area is 154 Å². The molecule has 1 saturated carbocycles. The Hall–Kier alpha value is -2.93. The van der Waals surface area contributed by atoms with E-state index in [0.717, 1.165) is 17.7 Å². The Balaban J connectivity index is 1.37. The number of rotatable bonds is 4. The topological polar surface area (TPSA) is 84.0 Å². The lowest BCUT2D eigenvalue weighted by molar-refractivity contribution is -0.124. The van der Waals surface area contributed by atoms with Crippen LogP contribution in [-0.4, -0.2) is 38.4 Å². The largest absolute Gasteiger partial charge is 0.480 e. The SMILES string of the molecule is O=C1C(Oc2ccc(Cl)cc2)C2CC2N1c1cc(-c2ccnnc2)n[nH]1. The molecule has 5 rings (SSSR count). The number of carbonyl (C=O) groups is 1. The molecule has 2 aromatic heterocycles. The Bertz CT molecular complexity index is 959. The van der Waals surface area contributed by atoms with E-state index in [9.17, 15) is 4.79 Å². The summed E-state index contributed by atoms with van der Waals surface area (Å²) in [5.74, 6) is 1.47. The maximum Gasteiger partial charge on any atom is 0.269 e. The summed E-state index contributed by atoms with van der Waals surface area (Å²) in [5.41, 5.74) is 1.57. The summed E-state index contributed by atoms with van der Waals surface area (Å²) in [5, 5.41) is 15.5. The first-order valence-corrected chi connectivity index (χ1v) is 8.66. The zero-order chi connectivity index (χ0) is 17.7. The van der Waals surface area contributed by atoms with Crippen LogP contribution in [0, 0.1) is 5.92 Å². The van der Waals surface area contributed by atoms with Crippen LogP contribution in [0.1, 0.15) is 6.42 Å². The van der Waals surface area contributed by atoms with Crippen LogP contribution in [0.3, 0.4) is 0 Å². The first kappa shape index (κ1) is 15.3. The van der Waals surface area contributed by atoms with Gasteiger partial charge in [0.2, 0.25) is 0 Å². The number of piperidine rings is 1. The normalized spacial score (nSPS) is 23.8. The molecule has 1 aliphatic carbocycles. The highest BCUT2D eigenvalue weighted by atomic mass is 35.5. The average molecular weight is 368 g/mol. The third-order valence-electron chi connectivity index (χ3n) is 4.79. The number of anilines is 1. The van der Waals surface area contributed by atoms with Gasteiger partial charge in [-0.2, -0.15) is 15.3 Å². The van der Waals surface area contributed by atoms with Gasteiger partial charge in [-0.05, 0) is 36.8 Å². The Morgan fingerprint density at radius 1 is 1.19 bits per heavy atom. The number of fused-ring (bicyclic) bond motifs is 1. The van der Waals surface area contributed by atoms with Gasteiger partial charge in [0.1, 0.15) is 11.6 Å². The van der Waals surface area contributed by atoms with Gasteiger partial charge in [-0.15, -0.1) is 0 Å². The van der Waals surface area contributed by atoms with E-state index >= 15 is 0 Å². The molecule has 8 heteroatoms. The molecule has 0 bridgehead atoms. The van der Waals surface area contributed by atoms with E-state index in [2.05, 4.69) is 20.4 Å². The summed E-state index contributed by atoms with van der Waals surface area (Å²) >= 11 is 5.90. The highest BCUT2D eigenvalue weighted by molar-refractivity contribution is 6.30. The number of aromatic amines is 1. The smallest absolute Gasteiger partial charge is 0.269 e. The number of nitrogens with one attached hydrogen (secondary N) is 1. The summed E-state index contributed by atoms with van der Waals surface area (Å²) in [6.07, 6.45) is 3.70. The fourth-order valence-corrected chi connectivity index (χ4v) is 3.55. The molecule has 1 aromatic carbocycles. The molecule has 0 radical (unpaired) electrons. The van der Waals surface area contributed by atoms with Crippen LogP contribution in [0.5, 0.6) is 5.75 Å². The zero-order valence-electron chi connectivity index (χ0n) is 13.5. The predicted octanol–water partition coefficient (Wildman–Crippen LogP) is 2.70. The number of carbonyl (C=O) groups excluding carboxylic acids is 1. The van der Waals surface area contributed by atoms with E-state index in [1.54, 1.807) is 41.6 Å². The highest BCUT2D eigenvalue weighted by Crippen LogP contribution is 2.48. The summed E-state index contributed by atoms with van der Waals surface area (Å²) in [6, 6.07) is 10.9. The van der Waals surface area contributed by atoms with Crippen LogP contribution < -0.4 is 9.64 Å². The second-order valence-corrected chi connectivity index (χ2v) is 6.87. The van der Waals surface area contributed by atoms with E-state index in [4.69, 9.17) is 16.3 Å². The third-order valence-corrected chi connectivity index (χ3v) is 5.04. The summed E-state index contributed by atoms with van der Waals surface area (Å²) in [6.45, 7) is 0. The number of hydrogen-bond donors (Lipinski definition) is 1. The highest BCUT2D eigenvalue weighted by Gasteiger charge is 2.61. The van der Waals surface area contributed by atoms with E-state index in [1.807, 2.05) is 12.1 Å². The second kappa shape index (κ2) is 5.81. The molecule has 3 heterocycles. The number of halogens is 1. The molecular formula is C18H14ClN5O2. The van der Waals surface area contributed by atoms with Crippen LogP contribution in [0.15, 0.2) is 48.8 Å². The van der Waals surface area contributed by atoms with Gasteiger partial charge in [0.05, 0.1) is 18.1 Å². The second-order valence-electron chi connectivity index (χ2n) is 6.44. The summed E-state index contributed by atoms with van der Waals surface area (Å²) in [7, 11) is 0. The maximum absolute atomic E-state index is 12.9. The van der Waals surface area contributed by atoms with E-state index in [-0.39, 0.29) is 17.9 Å². The standard InChI is InChI=1S/C18H14ClN5O2/c19-11-1-3-12(4-2-11)26-17-13-7-15(13)24(18(17)25)16-8-14(22-23-16)10-5-6-20-21-9-10/h1-6,8-9,13,15,17H,7H2,(H,22,23). The molecule has 3 aromatic rings. The van der Waals surface area contributed by atoms with Gasteiger partial charge >= 0.3 is 0 Å². The lowest BCUT2D eigenvalue weighted by atomic mass is 10.2. The van der Waals surface area contributed by atoms with Crippen molar-refractivity contribution in [1.82, 2.24) is 20.4 Å². The number of ether oxygens (including phenoxy) is 1. The minimum atomic E-state index is -0.476. The van der Waals surface area contributed by atoms with Crippen LogP contribution in [0.2, 0.25) is 5.02 Å². The Morgan fingerprint density at radius 2 is 2.04 bits per heavy atom. The molecule has 2 aliphatic rings. The van der Waals surface area contributed by atoms with Gasteiger partial charge in [0.25, 0.3) is 5.91 Å². The number of H-pyrrole nitrogens is 1. The van der Waals surface area contributed by atoms with Crippen molar-refractivity contribution in [2.24, 2.45) is 5.92 Å². The predicted molar refractivity (Wildman–Crippen MR) is 94.9 cm³/mol. The van der Waals surface area contributed by atoms with Gasteiger partial charge in [-0.25, -0.2) is 0 Å². The van der Waals surface area contributed by atoms with Gasteiger partial charge < -0.3 is 4.74 Å². The summed E-state index contributed by atoms with van der Waals surface area (Å²) in [4.78, 5) is 14.6. The van der Waals surface area contributed by atoms with Crippen molar-refractivity contribution in [2.75, 3.05) is 4.90 Å². The van der Waals surface area contributed by atoms with Gasteiger partial charge in [0, 0.05) is 28.6 Å². The first-order valence-electron chi connectivity index (χ1n) is 8.28. The fourth-order valence-electron chi connectivity index (χ4n) is 3.43. The van der Waals surface area contributed by atoms with E-state index in [0.29, 0.717) is 16.6 Å². The number of benzene rings is 1. The van der Waals surface area contributed by atoms with E-state index < -0.39 is 6.10 Å². The first-order chi connectivity index (χ1) is 12.7. The number of amides is 1. The van der Waals surface area contributed by atoms with Gasteiger partial charge in [-0.3, -0.25) is 14.8 Å². The summed E-state index contributed by atoms with van der Waals surface area (Å²) < 4.78 is 5.94. The van der Waals surface area contributed by atoms with Crippen molar-refractivity contribution in [3.8, 4) is 17.0 Å². The minimum absolute atomic E-state index is 0.0516. The lowest BCUT2D eigenvalue weighted by Crippen LogP contribution is -2.37. The van der Waals surface area contributed by atoms with Crippen LogP contribution in [-0.2, 0) is 4.79 Å². The monoisotopic (exact) mass is 367 g/mol. The molecule has 26 heavy (non-hydrogen) atoms. The van der Waals surface area contributed by atoms with Crippen molar-refractivity contribution in [3.05, 3.63) is 53.8 Å². The number of aromatic nitrogens is 4. The number of hydrogen-bond acceptors (Lipinski definition) is 5. The molecule has 1 saturated heterocycles. The van der Waals surface area contributed by atoms with Crippen molar-refractivity contribution < 1.29 is 9.53 Å². The van der Waals surface area contributed by atoms with Crippen LogP contribution >= 0.6 is 11.6 Å². The molecule has 3 unspecified atom stereocenters. The van der Waals surface area contributed by atoms with Crippen molar-refractivity contribution in [2.45, 2.75) is 18.6 Å². The van der Waals surface area contributed by atoms with Crippen molar-refractivity contribution in [3.63, 3.8) is 0 Å². The Kier molecular flexibility index (Phi) is 3.43. The molecule has 1 N–H and O–H groups in total. The number of nitrogens with zero attached hydrogens (tertiary/aromatic N) is 4. The molecular weight excluding hydrogens is 354 g/mol. The molecule has 0 spiro atoms. The van der Waals surface area contributed by atoms with Gasteiger partial charge in [-0.1, -0.05) is 11.6 Å². The third kappa shape index (κ3) is 2.52. The van der Waals surface area contributed by atoms with Crippen LogP contribution in [0.4, 0.5) is 5.82 Å². The lowest BCUT2D eigenvalue weighted by Gasteiger charge is -2.19. The van der Waals surface area contributed by atoms with Crippen molar-refractivity contribution in [1.29, 1.82) is 0 Å². The van der Waals surface area contributed by atoms with Gasteiger partial charge in [0.15, 0.2) is 6.10 Å². The van der Waals surface area contributed by atoms with Crippen LogP contribution in [0.25, 0.3) is 11.3 Å². The average Bonchev–Trinajstić information content (AvgIpc) is 3.18. The molecule has 7 nitrogen and oxygen atoms in total. The fraction of sp³-hybridized carbons (Fsp3) is 0.222. The molecule has 1 amide bonds. The molecule has 3 atom stereocenters. The molecule has 130 valence electrons. The zero-order valence-corrected chi connectivity index (χ0v) is 14.3. The minimum Gasteiger partial charge on any atom is -0.480 e. The van der Waals surface area contributed by atoms with E-state index in [1.165, 1.54) is 0 Å². The molecule has 2 fully saturated rings.